The number of fused-ring (bicyclic) bond motifs is 1. The van der Waals surface area contributed by atoms with Gasteiger partial charge in [-0.2, -0.15) is 0 Å². The summed E-state index contributed by atoms with van der Waals surface area (Å²) in [5.41, 5.74) is 3.61. The third-order valence-electron chi connectivity index (χ3n) is 4.60. The first-order valence-corrected chi connectivity index (χ1v) is 9.59. The number of benzene rings is 1. The fraction of sp³-hybridized carbons (Fsp3) is 0.389. The molecule has 0 atom stereocenters. The Kier molecular flexibility index (Phi) is 4.48. The maximum atomic E-state index is 11.7. The average molecular weight is 356 g/mol. The second-order valence-corrected chi connectivity index (χ2v) is 7.28. The van der Waals surface area contributed by atoms with Crippen LogP contribution < -0.4 is 5.32 Å². The molecule has 6 nitrogen and oxygen atoms in total. The number of hydrogen-bond donors (Lipinski definition) is 1. The van der Waals surface area contributed by atoms with E-state index < -0.39 is 0 Å². The van der Waals surface area contributed by atoms with Gasteiger partial charge in [0.2, 0.25) is 5.91 Å². The number of amides is 3. The van der Waals surface area contributed by atoms with Crippen LogP contribution in [0, 0.1) is 0 Å². The van der Waals surface area contributed by atoms with E-state index in [2.05, 4.69) is 22.0 Å². The van der Waals surface area contributed by atoms with Gasteiger partial charge in [-0.05, 0) is 37.8 Å². The number of aryl methyl sites for hydroxylation is 1. The van der Waals surface area contributed by atoms with Gasteiger partial charge in [-0.3, -0.25) is 14.3 Å². The lowest BCUT2D eigenvalue weighted by molar-refractivity contribution is -0.124. The van der Waals surface area contributed by atoms with Crippen molar-refractivity contribution in [3.8, 4) is 5.69 Å². The first-order chi connectivity index (χ1) is 12.2. The van der Waals surface area contributed by atoms with Crippen molar-refractivity contribution in [1.29, 1.82) is 0 Å². The van der Waals surface area contributed by atoms with Crippen molar-refractivity contribution in [2.75, 3.05) is 18.8 Å². The van der Waals surface area contributed by atoms with Crippen LogP contribution in [-0.4, -0.2) is 45.2 Å². The maximum absolute atomic E-state index is 11.7. The van der Waals surface area contributed by atoms with Gasteiger partial charge >= 0.3 is 6.03 Å². The Balaban J connectivity index is 1.56. The number of carbonyl (C=O) groups excluding carboxylic acids is 2. The van der Waals surface area contributed by atoms with Crippen molar-refractivity contribution in [2.45, 2.75) is 30.8 Å². The summed E-state index contributed by atoms with van der Waals surface area (Å²) in [6.07, 6.45) is 4.45. The summed E-state index contributed by atoms with van der Waals surface area (Å²) in [4.78, 5) is 29.5. The number of urea groups is 1. The van der Waals surface area contributed by atoms with Crippen LogP contribution in [0.1, 0.15) is 24.2 Å². The van der Waals surface area contributed by atoms with E-state index in [1.165, 1.54) is 29.1 Å². The van der Waals surface area contributed by atoms with Crippen LogP contribution in [0.2, 0.25) is 0 Å². The van der Waals surface area contributed by atoms with Gasteiger partial charge in [0.15, 0.2) is 5.16 Å². The smallest absolute Gasteiger partial charge is 0.324 e. The summed E-state index contributed by atoms with van der Waals surface area (Å²) in [6.45, 7) is 0.512. The fourth-order valence-electron chi connectivity index (χ4n) is 3.37. The number of aromatic nitrogens is 2. The van der Waals surface area contributed by atoms with Gasteiger partial charge in [-0.25, -0.2) is 9.78 Å². The van der Waals surface area contributed by atoms with Gasteiger partial charge < -0.3 is 5.32 Å². The maximum Gasteiger partial charge on any atom is 0.324 e. The SMILES string of the molecule is O=C1CNC(=O)N1CCSc1nc2c(n1-c1ccccc1)CCCC2. The molecule has 0 radical (unpaired) electrons. The average Bonchev–Trinajstić information content (AvgIpc) is 3.16. The van der Waals surface area contributed by atoms with E-state index in [0.29, 0.717) is 12.3 Å². The molecule has 1 saturated heterocycles. The summed E-state index contributed by atoms with van der Waals surface area (Å²) in [5.74, 6) is 0.485. The number of nitrogens with one attached hydrogen (secondary N) is 1. The fourth-order valence-corrected chi connectivity index (χ4v) is 4.34. The number of nitrogens with zero attached hydrogens (tertiary/aromatic N) is 3. The monoisotopic (exact) mass is 356 g/mol. The Morgan fingerprint density at radius 2 is 1.92 bits per heavy atom. The third-order valence-corrected chi connectivity index (χ3v) is 5.52. The van der Waals surface area contributed by atoms with Crippen LogP contribution in [0.15, 0.2) is 35.5 Å². The van der Waals surface area contributed by atoms with Gasteiger partial charge in [0.05, 0.1) is 12.2 Å². The van der Waals surface area contributed by atoms with Gasteiger partial charge in [-0.1, -0.05) is 30.0 Å². The number of rotatable bonds is 5. The van der Waals surface area contributed by atoms with Crippen LogP contribution in [0.4, 0.5) is 4.79 Å². The van der Waals surface area contributed by atoms with Crippen molar-refractivity contribution >= 4 is 23.7 Å². The lowest BCUT2D eigenvalue weighted by Crippen LogP contribution is -2.32. The summed E-state index contributed by atoms with van der Waals surface area (Å²) in [6, 6.07) is 9.97. The Labute approximate surface area is 150 Å². The van der Waals surface area contributed by atoms with Crippen LogP contribution in [-0.2, 0) is 17.6 Å². The number of hydrogen-bond acceptors (Lipinski definition) is 4. The second-order valence-electron chi connectivity index (χ2n) is 6.22. The highest BCUT2D eigenvalue weighted by atomic mass is 32.2. The first kappa shape index (κ1) is 16.2. The molecule has 1 fully saturated rings. The molecular weight excluding hydrogens is 336 g/mol. The van der Waals surface area contributed by atoms with Crippen molar-refractivity contribution in [1.82, 2.24) is 19.8 Å². The molecule has 1 aromatic carbocycles. The number of imidazole rings is 1. The highest BCUT2D eigenvalue weighted by molar-refractivity contribution is 7.99. The summed E-state index contributed by atoms with van der Waals surface area (Å²) < 4.78 is 2.24. The molecule has 0 spiro atoms. The molecule has 2 aliphatic rings. The predicted octanol–water partition coefficient (Wildman–Crippen LogP) is 2.40. The zero-order valence-electron chi connectivity index (χ0n) is 13.9. The molecule has 1 aliphatic heterocycles. The minimum absolute atomic E-state index is 0.108. The molecular formula is C18H20N4O2S. The predicted molar refractivity (Wildman–Crippen MR) is 96.0 cm³/mol. The number of imide groups is 1. The Morgan fingerprint density at radius 3 is 2.68 bits per heavy atom. The normalized spacial score (nSPS) is 16.9. The van der Waals surface area contributed by atoms with E-state index in [1.807, 2.05) is 18.2 Å². The van der Waals surface area contributed by atoms with E-state index in [-0.39, 0.29) is 18.5 Å². The Bertz CT molecular complexity index is 787. The first-order valence-electron chi connectivity index (χ1n) is 8.61. The molecule has 0 bridgehead atoms. The van der Waals surface area contributed by atoms with Crippen molar-refractivity contribution in [2.24, 2.45) is 0 Å². The molecule has 25 heavy (non-hydrogen) atoms. The highest BCUT2D eigenvalue weighted by Crippen LogP contribution is 2.30. The van der Waals surface area contributed by atoms with Crippen molar-refractivity contribution in [3.05, 3.63) is 41.7 Å². The topological polar surface area (TPSA) is 67.2 Å². The molecule has 1 aliphatic carbocycles. The third kappa shape index (κ3) is 3.16. The molecule has 0 unspecified atom stereocenters. The van der Waals surface area contributed by atoms with Crippen molar-refractivity contribution < 1.29 is 9.59 Å². The molecule has 7 heteroatoms. The molecule has 1 aromatic heterocycles. The summed E-state index contributed by atoms with van der Waals surface area (Å²) in [7, 11) is 0. The van der Waals surface area contributed by atoms with Crippen LogP contribution >= 0.6 is 11.8 Å². The number of para-hydroxylation sites is 1. The van der Waals surface area contributed by atoms with Crippen molar-refractivity contribution in [3.63, 3.8) is 0 Å². The van der Waals surface area contributed by atoms with E-state index >= 15 is 0 Å². The Hall–Kier alpha value is -2.28. The van der Waals surface area contributed by atoms with Crippen LogP contribution in [0.3, 0.4) is 0 Å². The minimum atomic E-state index is -0.295. The molecule has 2 aromatic rings. The zero-order valence-corrected chi connectivity index (χ0v) is 14.7. The standard InChI is InChI=1S/C18H20N4O2S/c23-16-12-19-17(24)21(16)10-11-25-18-20-14-8-4-5-9-15(14)22(18)13-6-2-1-3-7-13/h1-3,6-7H,4-5,8-12H2,(H,19,24). The lowest BCUT2D eigenvalue weighted by Gasteiger charge is -2.15. The molecule has 130 valence electrons. The highest BCUT2D eigenvalue weighted by Gasteiger charge is 2.28. The largest absolute Gasteiger partial charge is 0.329 e. The molecule has 3 amide bonds. The molecule has 2 heterocycles. The van der Waals surface area contributed by atoms with E-state index in [1.54, 1.807) is 11.8 Å². The lowest BCUT2D eigenvalue weighted by atomic mass is 10.0. The Morgan fingerprint density at radius 1 is 1.12 bits per heavy atom. The number of carbonyl (C=O) groups is 2. The number of thioether (sulfide) groups is 1. The van der Waals surface area contributed by atoms with Crippen LogP contribution in [0.5, 0.6) is 0 Å². The van der Waals surface area contributed by atoms with E-state index in [4.69, 9.17) is 4.98 Å². The van der Waals surface area contributed by atoms with Gasteiger partial charge in [0.25, 0.3) is 0 Å². The second kappa shape index (κ2) is 6.92. The molecule has 0 saturated carbocycles. The van der Waals surface area contributed by atoms with Gasteiger partial charge in [0.1, 0.15) is 0 Å². The summed E-state index contributed by atoms with van der Waals surface area (Å²) in [5, 5.41) is 3.50. The summed E-state index contributed by atoms with van der Waals surface area (Å²) >= 11 is 1.60. The van der Waals surface area contributed by atoms with Gasteiger partial charge in [0, 0.05) is 23.7 Å². The minimum Gasteiger partial charge on any atom is -0.329 e. The quantitative estimate of drug-likeness (QED) is 0.660. The van der Waals surface area contributed by atoms with Crippen LogP contribution in [0.25, 0.3) is 5.69 Å². The van der Waals surface area contributed by atoms with E-state index in [0.717, 1.165) is 23.7 Å². The molecule has 4 rings (SSSR count). The van der Waals surface area contributed by atoms with E-state index in [9.17, 15) is 9.59 Å². The van der Waals surface area contributed by atoms with Gasteiger partial charge in [-0.15, -0.1) is 0 Å². The zero-order chi connectivity index (χ0) is 17.2. The molecule has 1 N–H and O–H groups in total.